The molecule has 0 saturated carbocycles. The molecule has 2 nitrogen and oxygen atoms in total. The lowest BCUT2D eigenvalue weighted by Crippen LogP contribution is -1.93. The van der Waals surface area contributed by atoms with Crippen LogP contribution in [0.3, 0.4) is 0 Å². The Morgan fingerprint density at radius 2 is 1.44 bits per heavy atom. The van der Waals surface area contributed by atoms with Crippen LogP contribution in [0, 0.1) is 0 Å². The summed E-state index contributed by atoms with van der Waals surface area (Å²) < 4.78 is 0.603. The third-order valence-electron chi connectivity index (χ3n) is 4.26. The van der Waals surface area contributed by atoms with Crippen LogP contribution in [-0.2, 0) is 0 Å². The number of aromatic nitrogens is 2. The average Bonchev–Trinajstić information content (AvgIpc) is 2.69. The van der Waals surface area contributed by atoms with Gasteiger partial charge in [0.15, 0.2) is 4.73 Å². The number of nitrogens with zero attached hydrogens (tertiary/aromatic N) is 2. The van der Waals surface area contributed by atoms with Crippen LogP contribution in [0.2, 0.25) is 0 Å². The minimum atomic E-state index is 0.603. The summed E-state index contributed by atoms with van der Waals surface area (Å²) >= 11 is 3.46. The highest BCUT2D eigenvalue weighted by atomic mass is 79.9. The third-order valence-corrected chi connectivity index (χ3v) is 4.61. The summed E-state index contributed by atoms with van der Waals surface area (Å²) in [5, 5.41) is 0. The molecule has 3 heteroatoms. The maximum atomic E-state index is 4.58. The normalized spacial score (nSPS) is 13.6. The molecule has 122 valence electrons. The number of allylic oxidation sites excluding steroid dienone is 4. The second-order valence-electron chi connectivity index (χ2n) is 5.99. The second kappa shape index (κ2) is 7.16. The first-order chi connectivity index (χ1) is 12.3. The average molecular weight is 389 g/mol. The van der Waals surface area contributed by atoms with Crippen molar-refractivity contribution in [2.45, 2.75) is 12.8 Å². The quantitative estimate of drug-likeness (QED) is 0.491. The van der Waals surface area contributed by atoms with Crippen molar-refractivity contribution in [3.63, 3.8) is 0 Å². The monoisotopic (exact) mass is 388 g/mol. The van der Waals surface area contributed by atoms with Crippen molar-refractivity contribution in [3.05, 3.63) is 89.2 Å². The zero-order valence-corrected chi connectivity index (χ0v) is 15.3. The van der Waals surface area contributed by atoms with Gasteiger partial charge in [-0.2, -0.15) is 0 Å². The standard InChI is InChI=1S/C22H17BrN2/c23-22-24-20(17-10-5-2-6-11-17)15-21(25-22)19-13-7-12-18(14-19)16-8-3-1-4-9-16/h2-3,5-15H,1,4H2. The zero-order valence-electron chi connectivity index (χ0n) is 13.7. The molecule has 0 bridgehead atoms. The highest BCUT2D eigenvalue weighted by molar-refractivity contribution is 9.10. The van der Waals surface area contributed by atoms with Gasteiger partial charge in [0.25, 0.3) is 0 Å². The van der Waals surface area contributed by atoms with Gasteiger partial charge in [0.1, 0.15) is 0 Å². The number of benzene rings is 2. The van der Waals surface area contributed by atoms with Gasteiger partial charge in [-0.15, -0.1) is 0 Å². The third kappa shape index (κ3) is 3.62. The largest absolute Gasteiger partial charge is 0.222 e. The summed E-state index contributed by atoms with van der Waals surface area (Å²) in [5.74, 6) is 0. The summed E-state index contributed by atoms with van der Waals surface area (Å²) in [6, 6.07) is 20.8. The summed E-state index contributed by atoms with van der Waals surface area (Å²) in [4.78, 5) is 9.11. The van der Waals surface area contributed by atoms with E-state index in [0.717, 1.165) is 35.4 Å². The highest BCUT2D eigenvalue weighted by Crippen LogP contribution is 2.28. The van der Waals surface area contributed by atoms with E-state index in [-0.39, 0.29) is 0 Å². The molecule has 1 aliphatic carbocycles. The van der Waals surface area contributed by atoms with Crippen molar-refractivity contribution >= 4 is 21.5 Å². The summed E-state index contributed by atoms with van der Waals surface area (Å²) in [6.45, 7) is 0. The molecule has 0 aliphatic heterocycles. The Morgan fingerprint density at radius 3 is 2.20 bits per heavy atom. The number of rotatable bonds is 3. The van der Waals surface area contributed by atoms with E-state index in [1.807, 2.05) is 24.3 Å². The molecule has 0 radical (unpaired) electrons. The number of hydrogen-bond donors (Lipinski definition) is 0. The van der Waals surface area contributed by atoms with Crippen molar-refractivity contribution in [1.29, 1.82) is 0 Å². The molecule has 4 rings (SSSR count). The van der Waals surface area contributed by atoms with E-state index in [2.05, 4.69) is 80.5 Å². The van der Waals surface area contributed by atoms with Crippen molar-refractivity contribution < 1.29 is 0 Å². The van der Waals surface area contributed by atoms with Crippen molar-refractivity contribution in [2.24, 2.45) is 0 Å². The van der Waals surface area contributed by atoms with Gasteiger partial charge in [0, 0.05) is 11.1 Å². The fraction of sp³-hybridized carbons (Fsp3) is 0.0909. The lowest BCUT2D eigenvalue weighted by Gasteiger charge is -2.10. The zero-order chi connectivity index (χ0) is 17.1. The molecule has 0 N–H and O–H groups in total. The Kier molecular flexibility index (Phi) is 4.57. The van der Waals surface area contributed by atoms with Crippen LogP contribution in [0.1, 0.15) is 18.4 Å². The fourth-order valence-corrected chi connectivity index (χ4v) is 3.39. The Hall–Kier alpha value is -2.52. The molecule has 0 amide bonds. The van der Waals surface area contributed by atoms with E-state index in [4.69, 9.17) is 0 Å². The topological polar surface area (TPSA) is 25.8 Å². The van der Waals surface area contributed by atoms with Gasteiger partial charge < -0.3 is 0 Å². The predicted octanol–water partition coefficient (Wildman–Crippen LogP) is 6.31. The molecule has 1 heterocycles. The molecule has 0 fully saturated rings. The first-order valence-electron chi connectivity index (χ1n) is 8.37. The fourth-order valence-electron chi connectivity index (χ4n) is 3.01. The molecular weight excluding hydrogens is 372 g/mol. The van der Waals surface area contributed by atoms with Gasteiger partial charge in [0.2, 0.25) is 0 Å². The highest BCUT2D eigenvalue weighted by Gasteiger charge is 2.09. The molecule has 0 unspecified atom stereocenters. The van der Waals surface area contributed by atoms with E-state index in [9.17, 15) is 0 Å². The molecule has 3 aromatic rings. The van der Waals surface area contributed by atoms with Crippen LogP contribution >= 0.6 is 15.9 Å². The van der Waals surface area contributed by atoms with Crippen LogP contribution in [0.25, 0.3) is 28.1 Å². The minimum Gasteiger partial charge on any atom is -0.222 e. The van der Waals surface area contributed by atoms with Gasteiger partial charge in [-0.1, -0.05) is 66.8 Å². The lowest BCUT2D eigenvalue weighted by molar-refractivity contribution is 1.04. The van der Waals surface area contributed by atoms with Gasteiger partial charge in [-0.3, -0.25) is 0 Å². The summed E-state index contributed by atoms with van der Waals surface area (Å²) in [5.41, 5.74) is 6.52. The lowest BCUT2D eigenvalue weighted by atomic mass is 9.97. The van der Waals surface area contributed by atoms with Crippen LogP contribution in [0.15, 0.2) is 83.6 Å². The second-order valence-corrected chi connectivity index (χ2v) is 6.70. The van der Waals surface area contributed by atoms with E-state index in [0.29, 0.717) is 4.73 Å². The molecule has 2 aromatic carbocycles. The minimum absolute atomic E-state index is 0.603. The Morgan fingerprint density at radius 1 is 0.720 bits per heavy atom. The molecular formula is C22H17BrN2. The van der Waals surface area contributed by atoms with Crippen LogP contribution < -0.4 is 0 Å². The molecule has 1 aliphatic rings. The summed E-state index contributed by atoms with van der Waals surface area (Å²) in [7, 11) is 0. The van der Waals surface area contributed by atoms with E-state index >= 15 is 0 Å². The molecule has 0 spiro atoms. The van der Waals surface area contributed by atoms with Crippen LogP contribution in [0.4, 0.5) is 0 Å². The molecule has 1 aromatic heterocycles. The van der Waals surface area contributed by atoms with Crippen molar-refractivity contribution in [3.8, 4) is 22.5 Å². The number of hydrogen-bond acceptors (Lipinski definition) is 2. The van der Waals surface area contributed by atoms with E-state index in [1.54, 1.807) is 0 Å². The molecule has 0 atom stereocenters. The molecule has 0 saturated heterocycles. The first kappa shape index (κ1) is 16.0. The van der Waals surface area contributed by atoms with Crippen molar-refractivity contribution in [2.75, 3.05) is 0 Å². The Bertz CT molecular complexity index is 959. The maximum absolute atomic E-state index is 4.58. The van der Waals surface area contributed by atoms with Crippen LogP contribution in [0.5, 0.6) is 0 Å². The summed E-state index contributed by atoms with van der Waals surface area (Å²) in [6.07, 6.45) is 8.96. The van der Waals surface area contributed by atoms with Gasteiger partial charge >= 0.3 is 0 Å². The van der Waals surface area contributed by atoms with E-state index in [1.165, 1.54) is 11.1 Å². The molecule has 25 heavy (non-hydrogen) atoms. The van der Waals surface area contributed by atoms with E-state index < -0.39 is 0 Å². The Labute approximate surface area is 156 Å². The first-order valence-corrected chi connectivity index (χ1v) is 9.16. The van der Waals surface area contributed by atoms with Gasteiger partial charge in [0.05, 0.1) is 11.4 Å². The smallest absolute Gasteiger partial charge is 0.197 e. The predicted molar refractivity (Wildman–Crippen MR) is 107 cm³/mol. The van der Waals surface area contributed by atoms with Crippen molar-refractivity contribution in [1.82, 2.24) is 9.97 Å². The van der Waals surface area contributed by atoms with Crippen LogP contribution in [-0.4, -0.2) is 9.97 Å². The van der Waals surface area contributed by atoms with Gasteiger partial charge in [-0.25, -0.2) is 9.97 Å². The Balaban J connectivity index is 1.76. The number of halogens is 1. The van der Waals surface area contributed by atoms with Gasteiger partial charge in [-0.05, 0) is 52.0 Å². The maximum Gasteiger partial charge on any atom is 0.197 e. The SMILES string of the molecule is Brc1nc(-c2ccccc2)cc(-c2cccc(C3=CCCC=C3)c2)n1.